The largest absolute Gasteiger partial charge is 0.480 e. The molecule has 0 saturated heterocycles. The number of halogens is 1. The quantitative estimate of drug-likeness (QED) is 0.431. The van der Waals surface area contributed by atoms with Crippen LogP contribution in [0.5, 0.6) is 0 Å². The van der Waals surface area contributed by atoms with Crippen LogP contribution in [0.1, 0.15) is 63.5 Å². The second-order valence-electron chi connectivity index (χ2n) is 6.94. The van der Waals surface area contributed by atoms with Gasteiger partial charge in [-0.05, 0) is 44.4 Å². The Hall–Kier alpha value is -1.34. The fourth-order valence-electron chi connectivity index (χ4n) is 2.98. The van der Waals surface area contributed by atoms with Gasteiger partial charge in [0.15, 0.2) is 5.12 Å². The second kappa shape index (κ2) is 12.3. The van der Waals surface area contributed by atoms with Crippen LogP contribution in [0, 0.1) is 13.8 Å². The Morgan fingerprint density at radius 3 is 2.39 bits per heavy atom. The monoisotopic (exact) mass is 471 g/mol. The van der Waals surface area contributed by atoms with Crippen LogP contribution in [0.25, 0.3) is 0 Å². The number of carboxylic acids is 1. The van der Waals surface area contributed by atoms with Crippen LogP contribution < -0.4 is 4.90 Å². The molecule has 1 amide bonds. The molecule has 1 aromatic carbocycles. The van der Waals surface area contributed by atoms with Crippen LogP contribution in [0.2, 0.25) is 0 Å². The Morgan fingerprint density at radius 2 is 1.79 bits per heavy atom. The third-order valence-electron chi connectivity index (χ3n) is 4.66. The fourth-order valence-corrected chi connectivity index (χ4v) is 4.02. The number of carboxylic acid groups (broad SMARTS) is 1. The van der Waals surface area contributed by atoms with Gasteiger partial charge in [0.1, 0.15) is 6.04 Å². The van der Waals surface area contributed by atoms with E-state index in [9.17, 15) is 19.5 Å². The number of carbonyl (C=O) groups is 3. The van der Waals surface area contributed by atoms with E-state index < -0.39 is 12.0 Å². The predicted molar refractivity (Wildman–Crippen MR) is 119 cm³/mol. The molecule has 0 heterocycles. The number of aryl methyl sites for hydroxylation is 1. The number of rotatable bonds is 11. The molecule has 7 heteroatoms. The van der Waals surface area contributed by atoms with Crippen molar-refractivity contribution in [3.8, 4) is 0 Å². The van der Waals surface area contributed by atoms with Crippen LogP contribution >= 0.6 is 27.7 Å². The fraction of sp³-hybridized carbons (Fsp3) is 0.571. The maximum Gasteiger partial charge on any atom is 0.326 e. The van der Waals surface area contributed by atoms with Gasteiger partial charge in [-0.1, -0.05) is 66.4 Å². The molecule has 0 fully saturated rings. The zero-order chi connectivity index (χ0) is 21.3. The molecule has 156 valence electrons. The molecule has 0 unspecified atom stereocenters. The molecule has 0 radical (unpaired) electrons. The molecule has 0 aliphatic rings. The number of benzene rings is 1. The Morgan fingerprint density at radius 1 is 1.14 bits per heavy atom. The van der Waals surface area contributed by atoms with Gasteiger partial charge in [0.2, 0.25) is 5.91 Å². The molecule has 1 atom stereocenters. The number of nitrogens with zero attached hydrogens (tertiary/aromatic N) is 1. The summed E-state index contributed by atoms with van der Waals surface area (Å²) in [5.74, 6) is -1.51. The molecule has 0 bridgehead atoms. The van der Waals surface area contributed by atoms with Crippen molar-refractivity contribution in [2.24, 2.45) is 0 Å². The van der Waals surface area contributed by atoms with Crippen molar-refractivity contribution in [3.63, 3.8) is 0 Å². The summed E-state index contributed by atoms with van der Waals surface area (Å²) in [4.78, 5) is 37.9. The van der Waals surface area contributed by atoms with E-state index in [1.165, 1.54) is 18.2 Å². The first-order chi connectivity index (χ1) is 13.2. The summed E-state index contributed by atoms with van der Waals surface area (Å²) in [6.45, 7) is 7.32. The third-order valence-corrected chi connectivity index (χ3v) is 6.44. The van der Waals surface area contributed by atoms with Gasteiger partial charge >= 0.3 is 5.97 Å². The van der Waals surface area contributed by atoms with Gasteiger partial charge in [0, 0.05) is 10.9 Å². The number of anilines is 1. The summed E-state index contributed by atoms with van der Waals surface area (Å²) in [5, 5.41) is 9.48. The minimum Gasteiger partial charge on any atom is -0.480 e. The van der Waals surface area contributed by atoms with E-state index in [0.717, 1.165) is 53.0 Å². The molecule has 1 rings (SSSR count). The van der Waals surface area contributed by atoms with E-state index in [4.69, 9.17) is 0 Å². The smallest absolute Gasteiger partial charge is 0.326 e. The highest BCUT2D eigenvalue weighted by Crippen LogP contribution is 2.32. The normalized spacial score (nSPS) is 11.9. The number of aliphatic carboxylic acids is 1. The van der Waals surface area contributed by atoms with E-state index in [1.54, 1.807) is 0 Å². The topological polar surface area (TPSA) is 74.7 Å². The summed E-state index contributed by atoms with van der Waals surface area (Å²) in [7, 11) is 0. The first-order valence-corrected chi connectivity index (χ1v) is 11.4. The van der Waals surface area contributed by atoms with Crippen molar-refractivity contribution in [2.45, 2.75) is 72.3 Å². The molecular formula is C21H30BrNO4S. The number of amides is 1. The van der Waals surface area contributed by atoms with Crippen molar-refractivity contribution < 1.29 is 19.5 Å². The molecule has 0 aromatic heterocycles. The van der Waals surface area contributed by atoms with Crippen LogP contribution in [-0.4, -0.2) is 33.9 Å². The average Bonchev–Trinajstić information content (AvgIpc) is 2.65. The first-order valence-electron chi connectivity index (χ1n) is 9.66. The van der Waals surface area contributed by atoms with E-state index in [0.29, 0.717) is 12.1 Å². The molecule has 0 spiro atoms. The van der Waals surface area contributed by atoms with Crippen LogP contribution in [0.4, 0.5) is 5.69 Å². The molecule has 1 N–H and O–H groups in total. The molecule has 5 nitrogen and oxygen atoms in total. The zero-order valence-electron chi connectivity index (χ0n) is 17.1. The van der Waals surface area contributed by atoms with Crippen molar-refractivity contribution in [1.29, 1.82) is 0 Å². The van der Waals surface area contributed by atoms with E-state index >= 15 is 0 Å². The van der Waals surface area contributed by atoms with Crippen LogP contribution in [0.15, 0.2) is 16.6 Å². The summed E-state index contributed by atoms with van der Waals surface area (Å²) in [6, 6.07) is 2.69. The maximum absolute atomic E-state index is 12.9. The van der Waals surface area contributed by atoms with Gasteiger partial charge in [-0.15, -0.1) is 0 Å². The average molecular weight is 472 g/mol. The highest BCUT2D eigenvalue weighted by atomic mass is 79.9. The Labute approximate surface area is 180 Å². The van der Waals surface area contributed by atoms with Gasteiger partial charge in [0.25, 0.3) is 0 Å². The summed E-state index contributed by atoms with van der Waals surface area (Å²) >= 11 is 4.43. The molecule has 0 aliphatic carbocycles. The lowest BCUT2D eigenvalue weighted by Crippen LogP contribution is -2.45. The molecular weight excluding hydrogens is 442 g/mol. The summed E-state index contributed by atoms with van der Waals surface area (Å²) in [5.41, 5.74) is 2.20. The van der Waals surface area contributed by atoms with Crippen molar-refractivity contribution >= 4 is 50.4 Å². The van der Waals surface area contributed by atoms with Gasteiger partial charge < -0.3 is 5.11 Å². The maximum atomic E-state index is 12.9. The SMILES string of the molecule is CCCCCCCC(=O)SCC(=O)N(c1c(C)ccc(Br)c1C)[C@@H](C)C(=O)O. The Kier molecular flexibility index (Phi) is 10.8. The van der Waals surface area contributed by atoms with Crippen LogP contribution in [-0.2, 0) is 14.4 Å². The Bertz CT molecular complexity index is 708. The van der Waals surface area contributed by atoms with E-state index in [-0.39, 0.29) is 16.8 Å². The van der Waals surface area contributed by atoms with Crippen molar-refractivity contribution in [1.82, 2.24) is 0 Å². The van der Waals surface area contributed by atoms with Crippen molar-refractivity contribution in [2.75, 3.05) is 10.7 Å². The molecule has 1 aromatic rings. The lowest BCUT2D eigenvalue weighted by Gasteiger charge is -2.30. The van der Waals surface area contributed by atoms with E-state index in [1.807, 2.05) is 26.0 Å². The number of thioether (sulfide) groups is 1. The molecule has 0 saturated carbocycles. The second-order valence-corrected chi connectivity index (χ2v) is 8.83. The molecule has 0 aliphatic heterocycles. The number of hydrogen-bond acceptors (Lipinski definition) is 4. The zero-order valence-corrected chi connectivity index (χ0v) is 19.5. The van der Waals surface area contributed by atoms with Gasteiger partial charge in [-0.3, -0.25) is 14.5 Å². The standard InChI is InChI=1S/C21H30BrNO4S/c1-5-6-7-8-9-10-19(25)28-13-18(24)23(16(4)21(26)27)20-14(2)11-12-17(22)15(20)3/h11-12,16H,5-10,13H2,1-4H3,(H,26,27)/t16-/m0/s1. The predicted octanol–water partition coefficient (Wildman–Crippen LogP) is 5.49. The minimum atomic E-state index is -1.08. The van der Waals surface area contributed by atoms with Crippen LogP contribution in [0.3, 0.4) is 0 Å². The Balaban J connectivity index is 2.85. The first kappa shape index (κ1) is 24.7. The van der Waals surface area contributed by atoms with Gasteiger partial charge in [-0.2, -0.15) is 0 Å². The number of carbonyl (C=O) groups excluding carboxylic acids is 2. The minimum absolute atomic E-state index is 0.0181. The highest BCUT2D eigenvalue weighted by molar-refractivity contribution is 9.10. The number of unbranched alkanes of at least 4 members (excludes halogenated alkanes) is 4. The summed E-state index contributed by atoms with van der Waals surface area (Å²) in [6.07, 6.45) is 5.76. The molecule has 28 heavy (non-hydrogen) atoms. The van der Waals surface area contributed by atoms with E-state index in [2.05, 4.69) is 22.9 Å². The van der Waals surface area contributed by atoms with Gasteiger partial charge in [-0.25, -0.2) is 4.79 Å². The summed E-state index contributed by atoms with van der Waals surface area (Å²) < 4.78 is 0.805. The number of hydrogen-bond donors (Lipinski definition) is 1. The van der Waals surface area contributed by atoms with Gasteiger partial charge in [0.05, 0.1) is 11.4 Å². The lowest BCUT2D eigenvalue weighted by molar-refractivity contribution is -0.139. The highest BCUT2D eigenvalue weighted by Gasteiger charge is 2.30. The van der Waals surface area contributed by atoms with Crippen molar-refractivity contribution in [3.05, 3.63) is 27.7 Å². The third kappa shape index (κ3) is 7.24. The lowest BCUT2D eigenvalue weighted by atomic mass is 10.1.